The number of carbonyl (C=O) groups excluding carboxylic acids is 1. The molecule has 0 spiro atoms. The fraction of sp³-hybridized carbons (Fsp3) is 0.300. The van der Waals surface area contributed by atoms with Crippen LogP contribution in [0, 0.1) is 0 Å². The van der Waals surface area contributed by atoms with E-state index in [1.165, 1.54) is 29.6 Å². The monoisotopic (exact) mass is 410 g/mol. The first-order valence-electron chi connectivity index (χ1n) is 9.42. The lowest BCUT2D eigenvalue weighted by Crippen LogP contribution is -2.38. The molecule has 2 N–H and O–H groups in total. The normalized spacial score (nSPS) is 11.3. The minimum absolute atomic E-state index is 0.0638. The van der Waals surface area contributed by atoms with E-state index in [1.807, 2.05) is 24.4 Å². The number of hydrogen-bond acceptors (Lipinski definition) is 5. The average molecular weight is 410 g/mol. The third-order valence-electron chi connectivity index (χ3n) is 5.22. The van der Waals surface area contributed by atoms with E-state index >= 15 is 0 Å². The summed E-state index contributed by atoms with van der Waals surface area (Å²) in [6.45, 7) is 0.373. The number of rotatable bonds is 6. The Morgan fingerprint density at radius 3 is 2.80 bits per heavy atom. The van der Waals surface area contributed by atoms with Crippen LogP contribution >= 0.6 is 0 Å². The number of aromatic amines is 1. The van der Waals surface area contributed by atoms with Crippen molar-refractivity contribution in [3.63, 3.8) is 0 Å². The zero-order chi connectivity index (χ0) is 21.4. The Bertz CT molecular complexity index is 1370. The first-order valence-corrected chi connectivity index (χ1v) is 9.42. The predicted octanol–water partition coefficient (Wildman–Crippen LogP) is 0.282. The molecule has 0 saturated carbocycles. The van der Waals surface area contributed by atoms with E-state index in [4.69, 9.17) is 4.74 Å². The smallest absolute Gasteiger partial charge is 0.332 e. The molecule has 0 unspecified atom stereocenters. The molecule has 10 nitrogen and oxygen atoms in total. The van der Waals surface area contributed by atoms with Crippen molar-refractivity contribution in [1.82, 2.24) is 29.0 Å². The SMILES string of the molecule is COc1ccc2[nH]cc(CCNC(=O)Cn3cnc4c3c(=O)n(C)c(=O)n4C)c2c1. The summed E-state index contributed by atoms with van der Waals surface area (Å²) in [6, 6.07) is 5.80. The first-order chi connectivity index (χ1) is 14.4. The Kier molecular flexibility index (Phi) is 4.90. The van der Waals surface area contributed by atoms with Gasteiger partial charge in [-0.15, -0.1) is 0 Å². The van der Waals surface area contributed by atoms with Crippen molar-refractivity contribution in [2.45, 2.75) is 13.0 Å². The summed E-state index contributed by atoms with van der Waals surface area (Å²) < 4.78 is 9.03. The third-order valence-corrected chi connectivity index (χ3v) is 5.22. The van der Waals surface area contributed by atoms with E-state index < -0.39 is 11.2 Å². The number of imidazole rings is 1. The molecule has 156 valence electrons. The van der Waals surface area contributed by atoms with Gasteiger partial charge in [-0.25, -0.2) is 9.78 Å². The van der Waals surface area contributed by atoms with Crippen molar-refractivity contribution >= 4 is 28.0 Å². The van der Waals surface area contributed by atoms with Crippen LogP contribution in [0.4, 0.5) is 0 Å². The number of H-pyrrole nitrogens is 1. The summed E-state index contributed by atoms with van der Waals surface area (Å²) in [5, 5.41) is 3.92. The third kappa shape index (κ3) is 3.25. The van der Waals surface area contributed by atoms with Gasteiger partial charge >= 0.3 is 5.69 Å². The van der Waals surface area contributed by atoms with Crippen molar-refractivity contribution < 1.29 is 9.53 Å². The van der Waals surface area contributed by atoms with Gasteiger partial charge in [0, 0.05) is 37.7 Å². The number of aromatic nitrogens is 5. The number of benzene rings is 1. The molecule has 0 atom stereocenters. The lowest BCUT2D eigenvalue weighted by Gasteiger charge is -2.08. The Morgan fingerprint density at radius 2 is 2.03 bits per heavy atom. The fourth-order valence-electron chi connectivity index (χ4n) is 3.56. The molecule has 0 aliphatic rings. The molecule has 3 aromatic heterocycles. The van der Waals surface area contributed by atoms with Crippen LogP contribution in [0.15, 0.2) is 40.3 Å². The first kappa shape index (κ1) is 19.5. The zero-order valence-electron chi connectivity index (χ0n) is 16.9. The number of aryl methyl sites for hydroxylation is 1. The van der Waals surface area contributed by atoms with Gasteiger partial charge in [0.1, 0.15) is 12.3 Å². The van der Waals surface area contributed by atoms with Gasteiger partial charge in [0.05, 0.1) is 13.4 Å². The van der Waals surface area contributed by atoms with Crippen molar-refractivity contribution in [2.24, 2.45) is 14.1 Å². The maximum Gasteiger partial charge on any atom is 0.332 e. The van der Waals surface area contributed by atoms with Crippen LogP contribution in [0.2, 0.25) is 0 Å². The number of nitrogens with zero attached hydrogens (tertiary/aromatic N) is 4. The molecule has 30 heavy (non-hydrogen) atoms. The summed E-state index contributed by atoms with van der Waals surface area (Å²) in [7, 11) is 4.56. The summed E-state index contributed by atoms with van der Waals surface area (Å²) in [6.07, 6.45) is 3.96. The topological polar surface area (TPSA) is 116 Å². The molecule has 0 aliphatic carbocycles. The molecule has 0 aliphatic heterocycles. The van der Waals surface area contributed by atoms with Crippen molar-refractivity contribution in [3.05, 3.63) is 57.1 Å². The molecule has 10 heteroatoms. The highest BCUT2D eigenvalue weighted by Gasteiger charge is 2.16. The maximum atomic E-state index is 12.5. The molecule has 1 amide bonds. The Morgan fingerprint density at radius 1 is 1.23 bits per heavy atom. The number of fused-ring (bicyclic) bond motifs is 2. The molecule has 0 bridgehead atoms. The Labute approximate surface area is 170 Å². The largest absolute Gasteiger partial charge is 0.497 e. The Hall–Kier alpha value is -3.82. The van der Waals surface area contributed by atoms with Gasteiger partial charge in [0.2, 0.25) is 5.91 Å². The average Bonchev–Trinajstić information content (AvgIpc) is 3.34. The second kappa shape index (κ2) is 7.54. The van der Waals surface area contributed by atoms with E-state index in [-0.39, 0.29) is 23.6 Å². The van der Waals surface area contributed by atoms with Crippen LogP contribution < -0.4 is 21.3 Å². The standard InChI is InChI=1S/C20H22N6O4/c1-24-18-17(19(28)25(2)20(24)29)26(11-23-18)10-16(27)21-7-6-12-9-22-15-5-4-13(30-3)8-14(12)15/h4-5,8-9,11,22H,6-7,10H2,1-3H3,(H,21,27). The van der Waals surface area contributed by atoms with Gasteiger partial charge in [0.15, 0.2) is 11.2 Å². The van der Waals surface area contributed by atoms with Crippen LogP contribution in [0.3, 0.4) is 0 Å². The van der Waals surface area contributed by atoms with Crippen molar-refractivity contribution in [1.29, 1.82) is 0 Å². The lowest BCUT2D eigenvalue weighted by molar-refractivity contribution is -0.121. The molecule has 4 aromatic rings. The van der Waals surface area contributed by atoms with Crippen LogP contribution in [0.1, 0.15) is 5.56 Å². The van der Waals surface area contributed by atoms with Crippen LogP contribution in [-0.2, 0) is 31.9 Å². The summed E-state index contributed by atoms with van der Waals surface area (Å²) in [4.78, 5) is 44.2. The van der Waals surface area contributed by atoms with Gasteiger partial charge in [-0.3, -0.25) is 18.7 Å². The highest BCUT2D eigenvalue weighted by molar-refractivity contribution is 5.85. The van der Waals surface area contributed by atoms with Gasteiger partial charge in [-0.1, -0.05) is 0 Å². The highest BCUT2D eigenvalue weighted by Crippen LogP contribution is 2.23. The minimum Gasteiger partial charge on any atom is -0.497 e. The fourth-order valence-corrected chi connectivity index (χ4v) is 3.56. The number of carbonyl (C=O) groups is 1. The molecule has 4 rings (SSSR count). The number of amides is 1. The summed E-state index contributed by atoms with van der Waals surface area (Å²) in [5.74, 6) is 0.526. The highest BCUT2D eigenvalue weighted by atomic mass is 16.5. The zero-order valence-corrected chi connectivity index (χ0v) is 16.9. The second-order valence-electron chi connectivity index (χ2n) is 7.08. The summed E-state index contributed by atoms with van der Waals surface area (Å²) in [5.41, 5.74) is 1.61. The van der Waals surface area contributed by atoms with Crippen molar-refractivity contribution in [2.75, 3.05) is 13.7 Å². The molecule has 1 aromatic carbocycles. The number of hydrogen-bond donors (Lipinski definition) is 2. The lowest BCUT2D eigenvalue weighted by atomic mass is 10.1. The van der Waals surface area contributed by atoms with Gasteiger partial charge < -0.3 is 19.6 Å². The van der Waals surface area contributed by atoms with E-state index in [9.17, 15) is 14.4 Å². The molecule has 0 radical (unpaired) electrons. The van der Waals surface area contributed by atoms with Crippen LogP contribution in [0.25, 0.3) is 22.1 Å². The maximum absolute atomic E-state index is 12.5. The van der Waals surface area contributed by atoms with E-state index in [0.717, 1.165) is 26.8 Å². The second-order valence-corrected chi connectivity index (χ2v) is 7.08. The number of ether oxygens (including phenoxy) is 1. The van der Waals surface area contributed by atoms with Gasteiger partial charge in [-0.05, 0) is 30.2 Å². The van der Waals surface area contributed by atoms with E-state index in [2.05, 4.69) is 15.3 Å². The quantitative estimate of drug-likeness (QED) is 0.474. The van der Waals surface area contributed by atoms with E-state index in [1.54, 1.807) is 7.11 Å². The minimum atomic E-state index is -0.480. The van der Waals surface area contributed by atoms with Crippen LogP contribution in [0.5, 0.6) is 5.75 Å². The molecular formula is C20H22N6O4. The predicted molar refractivity (Wildman–Crippen MR) is 112 cm³/mol. The number of nitrogens with one attached hydrogen (secondary N) is 2. The summed E-state index contributed by atoms with van der Waals surface area (Å²) >= 11 is 0. The van der Waals surface area contributed by atoms with Crippen LogP contribution in [-0.4, -0.2) is 43.2 Å². The van der Waals surface area contributed by atoms with Crippen molar-refractivity contribution in [3.8, 4) is 5.75 Å². The van der Waals surface area contributed by atoms with E-state index in [0.29, 0.717) is 13.0 Å². The Balaban J connectivity index is 1.46. The molecule has 3 heterocycles. The molecule has 0 fully saturated rings. The van der Waals surface area contributed by atoms with Gasteiger partial charge in [0.25, 0.3) is 5.56 Å². The molecule has 0 saturated heterocycles. The van der Waals surface area contributed by atoms with Gasteiger partial charge in [-0.2, -0.15) is 0 Å². The molecular weight excluding hydrogens is 388 g/mol. The number of methoxy groups -OCH3 is 1.